The first-order chi connectivity index (χ1) is 16.8. The molecule has 184 valence electrons. The van der Waals surface area contributed by atoms with Gasteiger partial charge in [-0.3, -0.25) is 4.79 Å². The molecule has 6 nitrogen and oxygen atoms in total. The lowest BCUT2D eigenvalue weighted by Crippen LogP contribution is -2.34. The van der Waals surface area contributed by atoms with Crippen LogP contribution >= 0.6 is 46.8 Å². The number of hydrogen-bond acceptors (Lipinski definition) is 6. The Bertz CT molecular complexity index is 1210. The molecule has 0 aliphatic heterocycles. The van der Waals surface area contributed by atoms with Crippen LogP contribution in [0.2, 0.25) is 10.0 Å². The first-order valence-corrected chi connectivity index (χ1v) is 12.9. The second kappa shape index (κ2) is 12.9. The number of aryl methyl sites for hydroxylation is 1. The molecular weight excluding hydrogens is 527 g/mol. The van der Waals surface area contributed by atoms with E-state index in [0.717, 1.165) is 16.7 Å². The SMILES string of the molecule is CCOC(=O)c1c(-c2ccc(C)cc2)csc1NC(=S)NC(=O)CCCOc1ccc(Cl)cc1Cl. The summed E-state index contributed by atoms with van der Waals surface area (Å²) in [5, 5.41) is 9.00. The molecule has 0 fully saturated rings. The molecule has 1 heterocycles. The summed E-state index contributed by atoms with van der Waals surface area (Å²) in [5.74, 6) is -0.234. The molecule has 0 atom stereocenters. The molecular formula is C25H24Cl2N2O4S2. The van der Waals surface area contributed by atoms with Gasteiger partial charge in [0.25, 0.3) is 0 Å². The Morgan fingerprint density at radius 2 is 1.86 bits per heavy atom. The summed E-state index contributed by atoms with van der Waals surface area (Å²) in [4.78, 5) is 25.0. The number of thiocarbonyl (C=S) groups is 1. The van der Waals surface area contributed by atoms with E-state index in [2.05, 4.69) is 10.6 Å². The Kier molecular flexibility index (Phi) is 9.92. The zero-order chi connectivity index (χ0) is 25.4. The maximum Gasteiger partial charge on any atom is 0.341 e. The number of rotatable bonds is 9. The van der Waals surface area contributed by atoms with Crippen molar-refractivity contribution in [1.82, 2.24) is 5.32 Å². The van der Waals surface area contributed by atoms with Crippen molar-refractivity contribution in [1.29, 1.82) is 0 Å². The largest absolute Gasteiger partial charge is 0.492 e. The second-order valence-electron chi connectivity index (χ2n) is 7.47. The Labute approximate surface area is 223 Å². The van der Waals surface area contributed by atoms with Crippen molar-refractivity contribution in [3.05, 3.63) is 69.0 Å². The van der Waals surface area contributed by atoms with E-state index in [4.69, 9.17) is 44.9 Å². The van der Waals surface area contributed by atoms with Crippen molar-refractivity contribution in [3.63, 3.8) is 0 Å². The Balaban J connectivity index is 1.58. The summed E-state index contributed by atoms with van der Waals surface area (Å²) in [6.07, 6.45) is 0.648. The highest BCUT2D eigenvalue weighted by molar-refractivity contribution is 7.80. The first kappa shape index (κ1) is 26.9. The molecule has 0 aliphatic carbocycles. The topological polar surface area (TPSA) is 76.7 Å². The van der Waals surface area contributed by atoms with Gasteiger partial charge in [-0.2, -0.15) is 0 Å². The van der Waals surface area contributed by atoms with Gasteiger partial charge in [-0.1, -0.05) is 53.0 Å². The van der Waals surface area contributed by atoms with E-state index in [9.17, 15) is 9.59 Å². The zero-order valence-corrected chi connectivity index (χ0v) is 22.3. The minimum absolute atomic E-state index is 0.0968. The number of ether oxygens (including phenoxy) is 2. The van der Waals surface area contributed by atoms with Crippen LogP contribution in [0.15, 0.2) is 47.8 Å². The van der Waals surface area contributed by atoms with Crippen LogP contribution in [0.5, 0.6) is 5.75 Å². The summed E-state index contributed by atoms with van der Waals surface area (Å²) < 4.78 is 10.9. The van der Waals surface area contributed by atoms with Gasteiger partial charge in [0.15, 0.2) is 5.11 Å². The molecule has 10 heteroatoms. The maximum atomic E-state index is 12.7. The number of hydrogen-bond donors (Lipinski definition) is 2. The molecule has 1 amide bonds. The van der Waals surface area contributed by atoms with E-state index in [1.165, 1.54) is 11.3 Å². The number of thiophene rings is 1. The van der Waals surface area contributed by atoms with E-state index >= 15 is 0 Å². The van der Waals surface area contributed by atoms with Crippen LogP contribution in [0.4, 0.5) is 5.00 Å². The minimum Gasteiger partial charge on any atom is -0.492 e. The van der Waals surface area contributed by atoms with Gasteiger partial charge in [0, 0.05) is 22.4 Å². The van der Waals surface area contributed by atoms with E-state index < -0.39 is 5.97 Å². The average molecular weight is 552 g/mol. The van der Waals surface area contributed by atoms with Crippen LogP contribution in [-0.4, -0.2) is 30.2 Å². The molecule has 1 aromatic heterocycles. The predicted octanol–water partition coefficient (Wildman–Crippen LogP) is 6.88. The average Bonchev–Trinajstić information content (AvgIpc) is 3.21. The number of benzene rings is 2. The van der Waals surface area contributed by atoms with Crippen LogP contribution in [0.25, 0.3) is 11.1 Å². The molecule has 35 heavy (non-hydrogen) atoms. The first-order valence-electron chi connectivity index (χ1n) is 10.8. The molecule has 2 aromatic carbocycles. The molecule has 0 spiro atoms. The van der Waals surface area contributed by atoms with Crippen LogP contribution in [-0.2, 0) is 9.53 Å². The lowest BCUT2D eigenvalue weighted by molar-refractivity contribution is -0.119. The quantitative estimate of drug-likeness (QED) is 0.172. The van der Waals surface area contributed by atoms with Crippen molar-refractivity contribution >= 4 is 68.7 Å². The second-order valence-corrected chi connectivity index (χ2v) is 9.60. The molecule has 0 unspecified atom stereocenters. The molecule has 0 saturated carbocycles. The number of halogens is 2. The predicted molar refractivity (Wildman–Crippen MR) is 146 cm³/mol. The smallest absolute Gasteiger partial charge is 0.341 e. The van der Waals surface area contributed by atoms with Gasteiger partial charge in [-0.15, -0.1) is 11.3 Å². The van der Waals surface area contributed by atoms with E-state index in [-0.39, 0.29) is 24.0 Å². The Morgan fingerprint density at radius 1 is 1.11 bits per heavy atom. The summed E-state index contributed by atoms with van der Waals surface area (Å²) in [7, 11) is 0. The number of carbonyl (C=O) groups is 2. The van der Waals surface area contributed by atoms with Gasteiger partial charge < -0.3 is 20.1 Å². The molecule has 0 saturated heterocycles. The van der Waals surface area contributed by atoms with Crippen molar-refractivity contribution in [2.24, 2.45) is 0 Å². The third kappa shape index (κ3) is 7.67. The highest BCUT2D eigenvalue weighted by Gasteiger charge is 2.22. The fourth-order valence-electron chi connectivity index (χ4n) is 3.13. The van der Waals surface area contributed by atoms with Gasteiger partial charge in [0.05, 0.1) is 18.2 Å². The Morgan fingerprint density at radius 3 is 2.54 bits per heavy atom. The summed E-state index contributed by atoms with van der Waals surface area (Å²) in [6.45, 7) is 4.29. The normalized spacial score (nSPS) is 10.5. The Hall–Kier alpha value is -2.65. The molecule has 0 radical (unpaired) electrons. The summed E-state index contributed by atoms with van der Waals surface area (Å²) >= 11 is 18.6. The summed E-state index contributed by atoms with van der Waals surface area (Å²) in [6, 6.07) is 12.8. The van der Waals surface area contributed by atoms with E-state index in [1.807, 2.05) is 36.6 Å². The highest BCUT2D eigenvalue weighted by atomic mass is 35.5. The number of carbonyl (C=O) groups excluding carboxylic acids is 2. The molecule has 3 rings (SSSR count). The number of anilines is 1. The lowest BCUT2D eigenvalue weighted by Gasteiger charge is -2.12. The fourth-order valence-corrected chi connectivity index (χ4v) is 4.84. The maximum absolute atomic E-state index is 12.7. The third-order valence-electron chi connectivity index (χ3n) is 4.81. The van der Waals surface area contributed by atoms with Crippen molar-refractivity contribution in [2.75, 3.05) is 18.5 Å². The lowest BCUT2D eigenvalue weighted by atomic mass is 10.0. The molecule has 3 aromatic rings. The molecule has 0 bridgehead atoms. The van der Waals surface area contributed by atoms with Gasteiger partial charge in [0.2, 0.25) is 5.91 Å². The van der Waals surface area contributed by atoms with Gasteiger partial charge in [-0.05, 0) is 56.2 Å². The van der Waals surface area contributed by atoms with Crippen molar-refractivity contribution in [3.8, 4) is 16.9 Å². The standard InChI is InChI=1S/C25H24Cl2N2O4S2/c1-3-32-24(31)22-18(16-8-6-15(2)7-9-16)14-35-23(22)29-25(34)28-21(30)5-4-12-33-20-11-10-17(26)13-19(20)27/h6-11,13-14H,3-5,12H2,1-2H3,(H2,28,29,30,34). The zero-order valence-electron chi connectivity index (χ0n) is 19.2. The van der Waals surface area contributed by atoms with Crippen molar-refractivity contribution < 1.29 is 19.1 Å². The highest BCUT2D eigenvalue weighted by Crippen LogP contribution is 2.36. The van der Waals surface area contributed by atoms with Crippen LogP contribution < -0.4 is 15.4 Å². The fraction of sp³-hybridized carbons (Fsp3) is 0.240. The van der Waals surface area contributed by atoms with Gasteiger partial charge in [-0.25, -0.2) is 4.79 Å². The summed E-state index contributed by atoms with van der Waals surface area (Å²) in [5.41, 5.74) is 3.12. The monoisotopic (exact) mass is 550 g/mol. The molecule has 0 aliphatic rings. The number of nitrogens with one attached hydrogen (secondary N) is 2. The van der Waals surface area contributed by atoms with Gasteiger partial charge >= 0.3 is 5.97 Å². The number of esters is 1. The van der Waals surface area contributed by atoms with E-state index in [0.29, 0.717) is 39.4 Å². The number of amides is 1. The van der Waals surface area contributed by atoms with Gasteiger partial charge in [0.1, 0.15) is 16.3 Å². The van der Waals surface area contributed by atoms with Crippen LogP contribution in [0.1, 0.15) is 35.7 Å². The third-order valence-corrected chi connectivity index (χ3v) is 6.44. The molecule has 2 N–H and O–H groups in total. The van der Waals surface area contributed by atoms with E-state index in [1.54, 1.807) is 25.1 Å². The minimum atomic E-state index is -0.459. The van der Waals surface area contributed by atoms with Crippen molar-refractivity contribution in [2.45, 2.75) is 26.7 Å². The van der Waals surface area contributed by atoms with Crippen LogP contribution in [0, 0.1) is 6.92 Å². The van der Waals surface area contributed by atoms with Crippen LogP contribution in [0.3, 0.4) is 0 Å².